The van der Waals surface area contributed by atoms with Crippen molar-refractivity contribution in [3.63, 3.8) is 0 Å². The first-order valence-electron chi connectivity index (χ1n) is 10.4. The van der Waals surface area contributed by atoms with Crippen molar-refractivity contribution in [3.8, 4) is 16.9 Å². The summed E-state index contributed by atoms with van der Waals surface area (Å²) in [5.74, 6) is -0.333. The molecule has 1 unspecified atom stereocenters. The van der Waals surface area contributed by atoms with Crippen molar-refractivity contribution in [2.45, 2.75) is 12.0 Å². The van der Waals surface area contributed by atoms with Crippen LogP contribution < -0.4 is 10.5 Å². The Balaban J connectivity index is 1.60. The molecule has 164 valence electrons. The number of hydrogen-bond donors (Lipinski definition) is 1. The number of aromatic nitrogens is 1. The number of pyridine rings is 1. The Kier molecular flexibility index (Phi) is 6.18. The highest BCUT2D eigenvalue weighted by Gasteiger charge is 2.44. The molecule has 1 aliphatic rings. The maximum Gasteiger partial charge on any atom is 0.257 e. The lowest BCUT2D eigenvalue weighted by Crippen LogP contribution is -2.61. The Hall–Kier alpha value is -3.71. The molecule has 0 saturated carbocycles. The van der Waals surface area contributed by atoms with E-state index >= 15 is 0 Å². The molecule has 0 aliphatic carbocycles. The van der Waals surface area contributed by atoms with Gasteiger partial charge >= 0.3 is 0 Å². The minimum atomic E-state index is -1.32. The predicted octanol–water partition coefficient (Wildman–Crippen LogP) is 2.70. The highest BCUT2D eigenvalue weighted by Crippen LogP contribution is 2.28. The Bertz CT molecular complexity index is 1120. The molecule has 2 aromatic carbocycles. The van der Waals surface area contributed by atoms with Gasteiger partial charge in [-0.05, 0) is 34.9 Å². The van der Waals surface area contributed by atoms with Crippen molar-refractivity contribution in [1.29, 1.82) is 0 Å². The second-order valence-corrected chi connectivity index (χ2v) is 7.75. The zero-order valence-corrected chi connectivity index (χ0v) is 17.9. The van der Waals surface area contributed by atoms with Gasteiger partial charge < -0.3 is 20.1 Å². The number of nitrogens with zero attached hydrogens (tertiary/aromatic N) is 2. The molecule has 1 aromatic heterocycles. The van der Waals surface area contributed by atoms with Gasteiger partial charge in [0.05, 0.1) is 25.8 Å². The summed E-state index contributed by atoms with van der Waals surface area (Å²) in [6.45, 7) is 0.643. The Morgan fingerprint density at radius 1 is 1.12 bits per heavy atom. The van der Waals surface area contributed by atoms with E-state index in [1.165, 1.54) is 7.11 Å². The van der Waals surface area contributed by atoms with Crippen LogP contribution in [0.2, 0.25) is 0 Å². The lowest BCUT2D eigenvalue weighted by molar-refractivity contribution is -0.153. The lowest BCUT2D eigenvalue weighted by atomic mass is 9.90. The number of amides is 2. The summed E-state index contributed by atoms with van der Waals surface area (Å²) in [4.78, 5) is 31.6. The molecule has 2 N–H and O–H groups in total. The average molecular weight is 431 g/mol. The topological polar surface area (TPSA) is 94.8 Å². The molecule has 3 aromatic rings. The summed E-state index contributed by atoms with van der Waals surface area (Å²) in [5.41, 5.74) is 7.78. The molecule has 32 heavy (non-hydrogen) atoms. The van der Waals surface area contributed by atoms with Crippen LogP contribution in [0.4, 0.5) is 0 Å². The number of carbonyl (C=O) groups is 2. The van der Waals surface area contributed by atoms with Gasteiger partial charge in [-0.1, -0.05) is 42.5 Å². The summed E-state index contributed by atoms with van der Waals surface area (Å²) >= 11 is 0. The molecule has 4 rings (SSSR count). The number of rotatable bonds is 6. The minimum absolute atomic E-state index is 0.0658. The van der Waals surface area contributed by atoms with Crippen LogP contribution in [0.1, 0.15) is 15.9 Å². The van der Waals surface area contributed by atoms with Crippen molar-refractivity contribution in [2.75, 3.05) is 26.8 Å². The highest BCUT2D eigenvalue weighted by atomic mass is 16.5. The van der Waals surface area contributed by atoms with E-state index in [1.54, 1.807) is 41.6 Å². The van der Waals surface area contributed by atoms with Gasteiger partial charge in [-0.15, -0.1) is 0 Å². The van der Waals surface area contributed by atoms with Gasteiger partial charge in [-0.25, -0.2) is 0 Å². The summed E-state index contributed by atoms with van der Waals surface area (Å²) < 4.78 is 11.3. The van der Waals surface area contributed by atoms with E-state index in [2.05, 4.69) is 4.98 Å². The second kappa shape index (κ2) is 9.20. The molecule has 7 heteroatoms. The largest absolute Gasteiger partial charge is 0.496 e. The van der Waals surface area contributed by atoms with Gasteiger partial charge in [0.15, 0.2) is 5.60 Å². The standard InChI is InChI=1S/C25H25N3O4/c1-31-22-10-3-2-9-21(22)23(29)28-12-13-32-25(17-28,24(26)30)15-18-6-4-7-19(14-18)20-8-5-11-27-16-20/h2-11,14,16H,12-13,15,17H2,1H3,(H2,26,30). The van der Waals surface area contributed by atoms with Crippen molar-refractivity contribution >= 4 is 11.8 Å². The number of hydrogen-bond acceptors (Lipinski definition) is 5. The van der Waals surface area contributed by atoms with E-state index in [-0.39, 0.29) is 25.5 Å². The van der Waals surface area contributed by atoms with Crippen molar-refractivity contribution in [2.24, 2.45) is 5.73 Å². The first kappa shape index (κ1) is 21.5. The molecule has 1 saturated heterocycles. The first-order chi connectivity index (χ1) is 15.5. The summed E-state index contributed by atoms with van der Waals surface area (Å²) in [6.07, 6.45) is 3.76. The Labute approximate surface area is 186 Å². The molecular formula is C25H25N3O4. The number of methoxy groups -OCH3 is 1. The maximum absolute atomic E-state index is 13.2. The molecule has 0 bridgehead atoms. The van der Waals surface area contributed by atoms with Crippen molar-refractivity contribution < 1.29 is 19.1 Å². The van der Waals surface area contributed by atoms with E-state index in [9.17, 15) is 9.59 Å². The van der Waals surface area contributed by atoms with Crippen molar-refractivity contribution in [1.82, 2.24) is 9.88 Å². The first-order valence-corrected chi connectivity index (χ1v) is 10.4. The molecule has 1 aliphatic heterocycles. The number of para-hydroxylation sites is 1. The van der Waals surface area contributed by atoms with Gasteiger partial charge in [-0.2, -0.15) is 0 Å². The quantitative estimate of drug-likeness (QED) is 0.648. The second-order valence-electron chi connectivity index (χ2n) is 7.75. The third kappa shape index (κ3) is 4.33. The van der Waals surface area contributed by atoms with E-state index in [0.29, 0.717) is 17.9 Å². The Morgan fingerprint density at radius 3 is 2.69 bits per heavy atom. The third-order valence-electron chi connectivity index (χ3n) is 5.67. The fraction of sp³-hybridized carbons (Fsp3) is 0.240. The predicted molar refractivity (Wildman–Crippen MR) is 120 cm³/mol. The van der Waals surface area contributed by atoms with E-state index < -0.39 is 11.5 Å². The fourth-order valence-corrected chi connectivity index (χ4v) is 4.02. The molecule has 2 amide bonds. The molecule has 0 radical (unpaired) electrons. The SMILES string of the molecule is COc1ccccc1C(=O)N1CCOC(Cc2cccc(-c3cccnc3)c2)(C(N)=O)C1. The van der Waals surface area contributed by atoms with Crippen LogP contribution >= 0.6 is 0 Å². The average Bonchev–Trinajstić information content (AvgIpc) is 2.84. The van der Waals surface area contributed by atoms with Crippen LogP contribution in [0.5, 0.6) is 5.75 Å². The summed E-state index contributed by atoms with van der Waals surface area (Å²) in [5, 5.41) is 0. The van der Waals surface area contributed by atoms with Crippen LogP contribution in [0.25, 0.3) is 11.1 Å². The zero-order valence-electron chi connectivity index (χ0n) is 17.9. The zero-order chi connectivity index (χ0) is 22.6. The van der Waals surface area contributed by atoms with Crippen LogP contribution in [-0.2, 0) is 16.0 Å². The summed E-state index contributed by atoms with van der Waals surface area (Å²) in [7, 11) is 1.52. The molecule has 0 spiro atoms. The van der Waals surface area contributed by atoms with Crippen LogP contribution in [0, 0.1) is 0 Å². The van der Waals surface area contributed by atoms with E-state index in [4.69, 9.17) is 15.2 Å². The molecule has 1 fully saturated rings. The maximum atomic E-state index is 13.2. The smallest absolute Gasteiger partial charge is 0.257 e. The molecule has 2 heterocycles. The van der Waals surface area contributed by atoms with Gasteiger partial charge in [0.25, 0.3) is 11.8 Å². The van der Waals surface area contributed by atoms with E-state index in [1.807, 2.05) is 36.4 Å². The van der Waals surface area contributed by atoms with Crippen LogP contribution in [-0.4, -0.2) is 54.1 Å². The monoisotopic (exact) mass is 431 g/mol. The number of nitrogens with two attached hydrogens (primary N) is 1. The highest BCUT2D eigenvalue weighted by molar-refractivity contribution is 5.97. The minimum Gasteiger partial charge on any atom is -0.496 e. The normalized spacial score (nSPS) is 18.2. The van der Waals surface area contributed by atoms with Gasteiger partial charge in [0, 0.05) is 25.4 Å². The van der Waals surface area contributed by atoms with Crippen LogP contribution in [0.15, 0.2) is 73.1 Å². The van der Waals surface area contributed by atoms with Gasteiger partial charge in [0.2, 0.25) is 0 Å². The molecule has 7 nitrogen and oxygen atoms in total. The number of primary amides is 1. The molecule has 1 atom stereocenters. The fourth-order valence-electron chi connectivity index (χ4n) is 4.02. The Morgan fingerprint density at radius 2 is 1.94 bits per heavy atom. The summed E-state index contributed by atoms with van der Waals surface area (Å²) in [6, 6.07) is 18.7. The van der Waals surface area contributed by atoms with Crippen molar-refractivity contribution in [3.05, 3.63) is 84.2 Å². The van der Waals surface area contributed by atoms with E-state index in [0.717, 1.165) is 16.7 Å². The van der Waals surface area contributed by atoms with Gasteiger partial charge in [0.1, 0.15) is 5.75 Å². The molecular weight excluding hydrogens is 406 g/mol. The van der Waals surface area contributed by atoms with Crippen LogP contribution in [0.3, 0.4) is 0 Å². The number of carbonyl (C=O) groups excluding carboxylic acids is 2. The number of morpholine rings is 1. The third-order valence-corrected chi connectivity index (χ3v) is 5.67. The number of benzene rings is 2. The van der Waals surface area contributed by atoms with Gasteiger partial charge in [-0.3, -0.25) is 14.6 Å². The lowest BCUT2D eigenvalue weighted by Gasteiger charge is -2.41. The number of ether oxygens (including phenoxy) is 2.